The Hall–Kier alpha value is -0.570. The van der Waals surface area contributed by atoms with E-state index in [9.17, 15) is 4.79 Å². The van der Waals surface area contributed by atoms with Gasteiger partial charge in [-0.05, 0) is 24.7 Å². The van der Waals surface area contributed by atoms with Crippen molar-refractivity contribution in [2.24, 2.45) is 17.6 Å². The van der Waals surface area contributed by atoms with E-state index >= 15 is 0 Å². The van der Waals surface area contributed by atoms with Crippen LogP contribution in [0.4, 0.5) is 0 Å². The maximum Gasteiger partial charge on any atom is 0.322 e. The van der Waals surface area contributed by atoms with Gasteiger partial charge in [0.05, 0.1) is 7.11 Å². The van der Waals surface area contributed by atoms with Crippen LogP contribution in [0.2, 0.25) is 0 Å². The first-order valence-electron chi connectivity index (χ1n) is 5.47. The Morgan fingerprint density at radius 3 is 2.86 bits per heavy atom. The lowest BCUT2D eigenvalue weighted by molar-refractivity contribution is -0.142. The Bertz CT molecular complexity index is 194. The number of rotatable bonds is 3. The molecule has 0 aromatic heterocycles. The monoisotopic (exact) mass is 199 g/mol. The highest BCUT2D eigenvalue weighted by Gasteiger charge is 2.24. The zero-order valence-electron chi connectivity index (χ0n) is 9.16. The van der Waals surface area contributed by atoms with Gasteiger partial charge in [0.15, 0.2) is 0 Å². The first-order chi connectivity index (χ1) is 6.63. The normalized spacial score (nSPS) is 29.6. The van der Waals surface area contributed by atoms with Crippen LogP contribution in [0.15, 0.2) is 0 Å². The van der Waals surface area contributed by atoms with Gasteiger partial charge in [-0.1, -0.05) is 26.2 Å². The van der Waals surface area contributed by atoms with Crippen molar-refractivity contribution >= 4 is 5.97 Å². The summed E-state index contributed by atoms with van der Waals surface area (Å²) >= 11 is 0. The van der Waals surface area contributed by atoms with Crippen molar-refractivity contribution in [2.75, 3.05) is 7.11 Å². The van der Waals surface area contributed by atoms with Gasteiger partial charge in [0.25, 0.3) is 0 Å². The van der Waals surface area contributed by atoms with Crippen LogP contribution in [0.25, 0.3) is 0 Å². The van der Waals surface area contributed by atoms with Crippen molar-refractivity contribution in [3.63, 3.8) is 0 Å². The van der Waals surface area contributed by atoms with Crippen LogP contribution in [0.5, 0.6) is 0 Å². The molecule has 0 heterocycles. The number of carbonyl (C=O) groups is 1. The highest BCUT2D eigenvalue weighted by molar-refractivity contribution is 5.75. The fourth-order valence-electron chi connectivity index (χ4n) is 2.38. The molecule has 0 amide bonds. The molecule has 3 heteroatoms. The topological polar surface area (TPSA) is 52.3 Å². The van der Waals surface area contributed by atoms with Crippen LogP contribution in [0.3, 0.4) is 0 Å². The van der Waals surface area contributed by atoms with Gasteiger partial charge < -0.3 is 10.5 Å². The molecule has 1 aliphatic rings. The number of hydrogen-bond acceptors (Lipinski definition) is 3. The van der Waals surface area contributed by atoms with Gasteiger partial charge in [0, 0.05) is 0 Å². The summed E-state index contributed by atoms with van der Waals surface area (Å²) in [5.74, 6) is 1.13. The minimum absolute atomic E-state index is 0.275. The number of esters is 1. The van der Waals surface area contributed by atoms with Gasteiger partial charge in [-0.3, -0.25) is 4.79 Å². The molecule has 0 bridgehead atoms. The summed E-state index contributed by atoms with van der Waals surface area (Å²) < 4.78 is 4.62. The van der Waals surface area contributed by atoms with Gasteiger partial charge in [-0.2, -0.15) is 0 Å². The van der Waals surface area contributed by atoms with Crippen molar-refractivity contribution in [1.82, 2.24) is 0 Å². The van der Waals surface area contributed by atoms with E-state index in [1.54, 1.807) is 0 Å². The van der Waals surface area contributed by atoms with Crippen LogP contribution in [0, 0.1) is 11.8 Å². The Labute approximate surface area is 86.0 Å². The summed E-state index contributed by atoms with van der Waals surface area (Å²) in [5.41, 5.74) is 5.73. The first-order valence-corrected chi connectivity index (χ1v) is 5.47. The summed E-state index contributed by atoms with van der Waals surface area (Å²) in [7, 11) is 1.39. The van der Waals surface area contributed by atoms with Gasteiger partial charge >= 0.3 is 5.97 Å². The van der Waals surface area contributed by atoms with E-state index in [1.807, 2.05) is 0 Å². The molecule has 3 unspecified atom stereocenters. The van der Waals surface area contributed by atoms with Crippen molar-refractivity contribution in [2.45, 2.75) is 45.1 Å². The highest BCUT2D eigenvalue weighted by Crippen LogP contribution is 2.31. The Kier molecular flexibility index (Phi) is 4.39. The average Bonchev–Trinajstić information content (AvgIpc) is 2.16. The summed E-state index contributed by atoms with van der Waals surface area (Å²) in [6.07, 6.45) is 5.82. The third kappa shape index (κ3) is 3.29. The van der Waals surface area contributed by atoms with E-state index in [0.29, 0.717) is 5.92 Å². The minimum atomic E-state index is -0.421. The van der Waals surface area contributed by atoms with E-state index in [0.717, 1.165) is 12.3 Å². The van der Waals surface area contributed by atoms with Crippen molar-refractivity contribution in [1.29, 1.82) is 0 Å². The molecule has 82 valence electrons. The van der Waals surface area contributed by atoms with Crippen LogP contribution < -0.4 is 5.73 Å². The smallest absolute Gasteiger partial charge is 0.322 e. The summed E-state index contributed by atoms with van der Waals surface area (Å²) in [6.45, 7) is 2.27. The maximum absolute atomic E-state index is 11.1. The molecule has 0 aromatic carbocycles. The third-order valence-electron chi connectivity index (χ3n) is 3.14. The van der Waals surface area contributed by atoms with Crippen LogP contribution in [-0.4, -0.2) is 19.1 Å². The summed E-state index contributed by atoms with van der Waals surface area (Å²) in [5, 5.41) is 0. The molecule has 1 aliphatic carbocycles. The first kappa shape index (κ1) is 11.5. The number of carbonyl (C=O) groups excluding carboxylic acids is 1. The third-order valence-corrected chi connectivity index (χ3v) is 3.14. The van der Waals surface area contributed by atoms with Gasteiger partial charge in [-0.15, -0.1) is 0 Å². The summed E-state index contributed by atoms with van der Waals surface area (Å²) in [6, 6.07) is -0.421. The number of hydrogen-bond donors (Lipinski definition) is 1. The molecule has 1 fully saturated rings. The Morgan fingerprint density at radius 2 is 2.29 bits per heavy atom. The zero-order chi connectivity index (χ0) is 10.6. The Morgan fingerprint density at radius 1 is 1.57 bits per heavy atom. The predicted molar refractivity (Wildman–Crippen MR) is 55.7 cm³/mol. The lowest BCUT2D eigenvalue weighted by Gasteiger charge is -2.27. The van der Waals surface area contributed by atoms with E-state index in [4.69, 9.17) is 5.73 Å². The predicted octanol–water partition coefficient (Wildman–Crippen LogP) is 1.70. The second-order valence-electron chi connectivity index (χ2n) is 4.50. The van der Waals surface area contributed by atoms with Gasteiger partial charge in [0.1, 0.15) is 6.04 Å². The van der Waals surface area contributed by atoms with E-state index in [1.165, 1.54) is 32.8 Å². The second kappa shape index (κ2) is 5.35. The lowest BCUT2D eigenvalue weighted by Crippen LogP contribution is -2.34. The lowest BCUT2D eigenvalue weighted by atomic mass is 9.79. The summed E-state index contributed by atoms with van der Waals surface area (Å²) in [4.78, 5) is 11.1. The van der Waals surface area contributed by atoms with Crippen molar-refractivity contribution < 1.29 is 9.53 Å². The van der Waals surface area contributed by atoms with E-state index in [2.05, 4.69) is 11.7 Å². The van der Waals surface area contributed by atoms with Crippen molar-refractivity contribution in [3.05, 3.63) is 0 Å². The molecule has 2 N–H and O–H groups in total. The molecule has 1 rings (SSSR count). The average molecular weight is 199 g/mol. The zero-order valence-corrected chi connectivity index (χ0v) is 9.16. The molecule has 0 saturated heterocycles. The van der Waals surface area contributed by atoms with E-state index < -0.39 is 6.04 Å². The molecule has 0 aromatic rings. The molecule has 14 heavy (non-hydrogen) atoms. The van der Waals surface area contributed by atoms with Gasteiger partial charge in [0.2, 0.25) is 0 Å². The second-order valence-corrected chi connectivity index (χ2v) is 4.50. The van der Waals surface area contributed by atoms with Crippen LogP contribution in [0.1, 0.15) is 39.0 Å². The molecule has 0 radical (unpaired) electrons. The van der Waals surface area contributed by atoms with Crippen LogP contribution >= 0.6 is 0 Å². The quantitative estimate of drug-likeness (QED) is 0.704. The molecule has 1 saturated carbocycles. The molecule has 0 spiro atoms. The van der Waals surface area contributed by atoms with Crippen LogP contribution in [-0.2, 0) is 9.53 Å². The van der Waals surface area contributed by atoms with Gasteiger partial charge in [-0.25, -0.2) is 0 Å². The maximum atomic E-state index is 11.1. The van der Waals surface area contributed by atoms with Crippen molar-refractivity contribution in [3.8, 4) is 0 Å². The number of ether oxygens (including phenoxy) is 1. The minimum Gasteiger partial charge on any atom is -0.468 e. The number of methoxy groups -OCH3 is 1. The molecule has 3 atom stereocenters. The van der Waals surface area contributed by atoms with E-state index in [-0.39, 0.29) is 5.97 Å². The molecular formula is C11H21NO2. The SMILES string of the molecule is COC(=O)C(N)CC1CCCC(C)C1. The molecular weight excluding hydrogens is 178 g/mol. The Balaban J connectivity index is 2.32. The largest absolute Gasteiger partial charge is 0.468 e. The molecule has 0 aliphatic heterocycles. The highest BCUT2D eigenvalue weighted by atomic mass is 16.5. The standard InChI is InChI=1S/C11H21NO2/c1-8-4-3-5-9(6-8)7-10(12)11(13)14-2/h8-10H,3-7,12H2,1-2H3. The number of nitrogens with two attached hydrogens (primary N) is 1. The fourth-order valence-corrected chi connectivity index (χ4v) is 2.38. The molecule has 3 nitrogen and oxygen atoms in total. The fraction of sp³-hybridized carbons (Fsp3) is 0.909.